The SMILES string of the molecule is Cc1csc(NC(=O)[C@@H]2[C@H](C(=O)O)[C@H]3C=C[C@H]2O3)n1. The Morgan fingerprint density at radius 2 is 2.05 bits per heavy atom. The molecule has 1 saturated heterocycles. The van der Waals surface area contributed by atoms with E-state index in [-0.39, 0.29) is 5.91 Å². The zero-order valence-electron chi connectivity index (χ0n) is 10.1. The molecule has 2 aliphatic rings. The Kier molecular flexibility index (Phi) is 2.87. The Hall–Kier alpha value is -1.73. The lowest BCUT2D eigenvalue weighted by Gasteiger charge is -2.20. The molecule has 4 atom stereocenters. The molecule has 1 amide bonds. The van der Waals surface area contributed by atoms with Gasteiger partial charge in [-0.05, 0) is 6.92 Å². The zero-order chi connectivity index (χ0) is 13.6. The van der Waals surface area contributed by atoms with Crippen LogP contribution in [0.25, 0.3) is 0 Å². The van der Waals surface area contributed by atoms with E-state index >= 15 is 0 Å². The van der Waals surface area contributed by atoms with Gasteiger partial charge in [-0.1, -0.05) is 12.2 Å². The highest BCUT2D eigenvalue weighted by molar-refractivity contribution is 7.13. The van der Waals surface area contributed by atoms with E-state index in [4.69, 9.17) is 4.74 Å². The predicted octanol–water partition coefficient (Wildman–Crippen LogP) is 1.04. The number of nitrogens with zero attached hydrogens (tertiary/aromatic N) is 1. The van der Waals surface area contributed by atoms with Crippen molar-refractivity contribution in [2.24, 2.45) is 11.8 Å². The number of aromatic nitrogens is 1. The second-order valence-electron chi connectivity index (χ2n) is 4.62. The van der Waals surface area contributed by atoms with Crippen LogP contribution in [-0.2, 0) is 14.3 Å². The van der Waals surface area contributed by atoms with Gasteiger partial charge in [-0.3, -0.25) is 9.59 Å². The lowest BCUT2D eigenvalue weighted by atomic mass is 9.82. The number of rotatable bonds is 3. The number of carbonyl (C=O) groups excluding carboxylic acids is 1. The molecule has 19 heavy (non-hydrogen) atoms. The summed E-state index contributed by atoms with van der Waals surface area (Å²) in [5, 5.41) is 14.2. The number of ether oxygens (including phenoxy) is 1. The molecule has 1 fully saturated rings. The molecule has 1 aromatic heterocycles. The van der Waals surface area contributed by atoms with Crippen molar-refractivity contribution in [3.63, 3.8) is 0 Å². The summed E-state index contributed by atoms with van der Waals surface area (Å²) in [5.41, 5.74) is 0.819. The molecule has 2 N–H and O–H groups in total. The van der Waals surface area contributed by atoms with Crippen LogP contribution < -0.4 is 5.32 Å². The molecule has 100 valence electrons. The molecule has 0 radical (unpaired) electrons. The Bertz CT molecular complexity index is 568. The summed E-state index contributed by atoms with van der Waals surface area (Å²) in [6.45, 7) is 1.83. The number of hydrogen-bond acceptors (Lipinski definition) is 5. The van der Waals surface area contributed by atoms with Crippen LogP contribution in [0.4, 0.5) is 5.13 Å². The third-order valence-corrected chi connectivity index (χ3v) is 4.21. The van der Waals surface area contributed by atoms with Gasteiger partial charge < -0.3 is 15.2 Å². The monoisotopic (exact) mass is 280 g/mol. The quantitative estimate of drug-likeness (QED) is 0.808. The molecular formula is C12H12N2O4S. The number of aliphatic carboxylic acids is 1. The minimum atomic E-state index is -1.01. The van der Waals surface area contributed by atoms with E-state index in [1.807, 2.05) is 12.3 Å². The number of carbonyl (C=O) groups is 2. The Labute approximate surface area is 113 Å². The van der Waals surface area contributed by atoms with Crippen molar-refractivity contribution in [2.45, 2.75) is 19.1 Å². The average Bonchev–Trinajstić information content (AvgIpc) is 3.03. The lowest BCUT2D eigenvalue weighted by molar-refractivity contribution is -0.145. The van der Waals surface area contributed by atoms with E-state index in [9.17, 15) is 14.7 Å². The van der Waals surface area contributed by atoms with E-state index in [1.54, 1.807) is 12.2 Å². The van der Waals surface area contributed by atoms with Crippen molar-refractivity contribution in [3.8, 4) is 0 Å². The van der Waals surface area contributed by atoms with E-state index in [2.05, 4.69) is 10.3 Å². The van der Waals surface area contributed by atoms with Gasteiger partial charge in [0.2, 0.25) is 5.91 Å². The number of carboxylic acids is 1. The van der Waals surface area contributed by atoms with Crippen molar-refractivity contribution in [3.05, 3.63) is 23.2 Å². The molecule has 0 spiro atoms. The molecule has 2 aliphatic heterocycles. The number of fused-ring (bicyclic) bond motifs is 2. The maximum atomic E-state index is 12.2. The van der Waals surface area contributed by atoms with Gasteiger partial charge in [0.1, 0.15) is 5.92 Å². The second-order valence-corrected chi connectivity index (χ2v) is 5.48. The van der Waals surface area contributed by atoms with E-state index in [1.165, 1.54) is 11.3 Å². The predicted molar refractivity (Wildman–Crippen MR) is 67.9 cm³/mol. The van der Waals surface area contributed by atoms with Crippen LogP contribution >= 0.6 is 11.3 Å². The van der Waals surface area contributed by atoms with Crippen LogP contribution in [-0.4, -0.2) is 34.2 Å². The first-order valence-electron chi connectivity index (χ1n) is 5.86. The summed E-state index contributed by atoms with van der Waals surface area (Å²) in [4.78, 5) is 27.6. The molecule has 0 aromatic carbocycles. The number of hydrogen-bond donors (Lipinski definition) is 2. The lowest BCUT2D eigenvalue weighted by Crippen LogP contribution is -2.39. The normalized spacial score (nSPS) is 31.6. The number of nitrogens with one attached hydrogen (secondary N) is 1. The standard InChI is InChI=1S/C12H12N2O4S/c1-5-4-19-12(13-5)14-10(15)8-6-2-3-7(18-6)9(8)11(16)17/h2-4,6-9H,1H3,(H,16,17)(H,13,14,15)/t6-,7-,8+,9-/m1/s1. The maximum Gasteiger partial charge on any atom is 0.310 e. The summed E-state index contributed by atoms with van der Waals surface area (Å²) in [6, 6.07) is 0. The molecule has 0 saturated carbocycles. The first-order chi connectivity index (χ1) is 9.06. The summed E-state index contributed by atoms with van der Waals surface area (Å²) in [5.74, 6) is -2.88. The van der Waals surface area contributed by atoms with Crippen LogP contribution in [0.5, 0.6) is 0 Å². The van der Waals surface area contributed by atoms with Crippen molar-refractivity contribution >= 4 is 28.3 Å². The smallest absolute Gasteiger partial charge is 0.310 e. The highest BCUT2D eigenvalue weighted by atomic mass is 32.1. The number of carboxylic acid groups (broad SMARTS) is 1. The third kappa shape index (κ3) is 2.04. The Morgan fingerprint density at radius 1 is 1.37 bits per heavy atom. The van der Waals surface area contributed by atoms with Crippen LogP contribution in [0.3, 0.4) is 0 Å². The minimum absolute atomic E-state index is 0.349. The van der Waals surface area contributed by atoms with Crippen molar-refractivity contribution in [1.82, 2.24) is 4.98 Å². The molecule has 3 rings (SSSR count). The number of anilines is 1. The largest absolute Gasteiger partial charge is 0.481 e. The molecule has 2 bridgehead atoms. The zero-order valence-corrected chi connectivity index (χ0v) is 10.9. The van der Waals surface area contributed by atoms with Crippen LogP contribution in [0.1, 0.15) is 5.69 Å². The highest BCUT2D eigenvalue weighted by Crippen LogP contribution is 2.39. The third-order valence-electron chi connectivity index (χ3n) is 3.34. The molecule has 0 aliphatic carbocycles. The molecular weight excluding hydrogens is 268 g/mol. The first-order valence-corrected chi connectivity index (χ1v) is 6.74. The molecule has 0 unspecified atom stereocenters. The summed E-state index contributed by atoms with van der Waals surface area (Å²) < 4.78 is 5.45. The maximum absolute atomic E-state index is 12.2. The molecule has 7 heteroatoms. The number of amides is 1. The van der Waals surface area contributed by atoms with Gasteiger partial charge in [-0.15, -0.1) is 11.3 Å². The number of thiazole rings is 1. The van der Waals surface area contributed by atoms with Crippen LogP contribution in [0.2, 0.25) is 0 Å². The van der Waals surface area contributed by atoms with Gasteiger partial charge in [0.15, 0.2) is 5.13 Å². The summed E-state index contributed by atoms with van der Waals surface area (Å²) in [6.07, 6.45) is 2.51. The van der Waals surface area contributed by atoms with E-state index < -0.39 is 30.0 Å². The Balaban J connectivity index is 1.79. The number of aryl methyl sites for hydroxylation is 1. The average molecular weight is 280 g/mol. The topological polar surface area (TPSA) is 88.5 Å². The highest BCUT2D eigenvalue weighted by Gasteiger charge is 2.53. The van der Waals surface area contributed by atoms with Crippen LogP contribution in [0, 0.1) is 18.8 Å². The van der Waals surface area contributed by atoms with Gasteiger partial charge in [-0.2, -0.15) is 0 Å². The van der Waals surface area contributed by atoms with Gasteiger partial charge >= 0.3 is 5.97 Å². The van der Waals surface area contributed by atoms with Gasteiger partial charge in [0.05, 0.1) is 23.8 Å². The van der Waals surface area contributed by atoms with Crippen molar-refractivity contribution in [1.29, 1.82) is 0 Å². The van der Waals surface area contributed by atoms with Gasteiger partial charge in [0.25, 0.3) is 0 Å². The fraction of sp³-hybridized carbons (Fsp3) is 0.417. The van der Waals surface area contributed by atoms with Crippen molar-refractivity contribution < 1.29 is 19.4 Å². The molecule has 3 heterocycles. The summed E-state index contributed by atoms with van der Waals surface area (Å²) in [7, 11) is 0. The fourth-order valence-corrected chi connectivity index (χ4v) is 3.21. The van der Waals surface area contributed by atoms with Crippen LogP contribution in [0.15, 0.2) is 17.5 Å². The second kappa shape index (κ2) is 4.43. The van der Waals surface area contributed by atoms with E-state index in [0.717, 1.165) is 5.69 Å². The molecule has 1 aromatic rings. The first kappa shape index (κ1) is 12.3. The molecule has 6 nitrogen and oxygen atoms in total. The van der Waals surface area contributed by atoms with Gasteiger partial charge in [-0.25, -0.2) is 4.98 Å². The minimum Gasteiger partial charge on any atom is -0.481 e. The fourth-order valence-electron chi connectivity index (χ4n) is 2.52. The van der Waals surface area contributed by atoms with Gasteiger partial charge in [0, 0.05) is 5.38 Å². The van der Waals surface area contributed by atoms with Crippen molar-refractivity contribution in [2.75, 3.05) is 5.32 Å². The van der Waals surface area contributed by atoms with E-state index in [0.29, 0.717) is 5.13 Å². The summed E-state index contributed by atoms with van der Waals surface area (Å²) >= 11 is 1.32. The Morgan fingerprint density at radius 3 is 2.63 bits per heavy atom.